The van der Waals surface area contributed by atoms with E-state index >= 15 is 0 Å². The topological polar surface area (TPSA) is 68.3 Å². The zero-order valence-electron chi connectivity index (χ0n) is 21.5. The van der Waals surface area contributed by atoms with Crippen LogP contribution in [-0.4, -0.2) is 55.2 Å². The normalized spacial score (nSPS) is 26.9. The van der Waals surface area contributed by atoms with Crippen LogP contribution in [0.3, 0.4) is 0 Å². The first kappa shape index (κ1) is 24.7. The minimum Gasteiger partial charge on any atom is -0.454 e. The first-order valence-electron chi connectivity index (χ1n) is 13.5. The summed E-state index contributed by atoms with van der Waals surface area (Å²) >= 11 is 1.64. The van der Waals surface area contributed by atoms with E-state index in [0.717, 1.165) is 35.5 Å². The second-order valence-corrected chi connectivity index (χ2v) is 12.5. The summed E-state index contributed by atoms with van der Waals surface area (Å²) in [7, 11) is 1.65. The number of ether oxygens (including phenoxy) is 3. The highest BCUT2D eigenvalue weighted by Crippen LogP contribution is 2.60. The van der Waals surface area contributed by atoms with Crippen LogP contribution in [0.1, 0.15) is 49.0 Å². The molecule has 5 aliphatic rings. The average molecular weight is 525 g/mol. The Balaban J connectivity index is 1.21. The van der Waals surface area contributed by atoms with E-state index in [-0.39, 0.29) is 30.6 Å². The Hall–Kier alpha value is -2.58. The molecule has 4 aliphatic carbocycles. The van der Waals surface area contributed by atoms with Crippen LogP contribution in [-0.2, 0) is 27.4 Å². The number of carbonyl (C=O) groups is 2. The Morgan fingerprint density at radius 2 is 1.73 bits per heavy atom. The van der Waals surface area contributed by atoms with E-state index in [0.29, 0.717) is 49.7 Å². The van der Waals surface area contributed by atoms with Gasteiger partial charge in [0, 0.05) is 25.1 Å². The third-order valence-corrected chi connectivity index (χ3v) is 9.62. The third kappa shape index (κ3) is 5.10. The minimum atomic E-state index is -0.279. The first-order valence-corrected chi connectivity index (χ1v) is 14.4. The summed E-state index contributed by atoms with van der Waals surface area (Å²) < 4.78 is 16.4. The SMILES string of the molecule is COCCN(CC(=O)N(Cc1ccc2c(c1)OCO2)Cc1cccs1)C(=O)C12CC3CC(CC(C3)C1)C2. The molecule has 0 atom stereocenters. The number of nitrogens with zero attached hydrogens (tertiary/aromatic N) is 2. The van der Waals surface area contributed by atoms with E-state index in [4.69, 9.17) is 14.2 Å². The zero-order chi connectivity index (χ0) is 25.4. The molecule has 4 fully saturated rings. The molecule has 1 aliphatic heterocycles. The van der Waals surface area contributed by atoms with Gasteiger partial charge in [0.2, 0.25) is 18.6 Å². The van der Waals surface area contributed by atoms with Gasteiger partial charge in [-0.05, 0) is 85.4 Å². The van der Waals surface area contributed by atoms with Gasteiger partial charge in [0.05, 0.1) is 25.1 Å². The lowest BCUT2D eigenvalue weighted by Gasteiger charge is -2.56. The van der Waals surface area contributed by atoms with Crippen molar-refractivity contribution in [1.82, 2.24) is 9.80 Å². The lowest BCUT2D eigenvalue weighted by molar-refractivity contribution is -0.161. The molecule has 1 aromatic carbocycles. The molecule has 0 radical (unpaired) electrons. The van der Waals surface area contributed by atoms with Crippen molar-refractivity contribution < 1.29 is 23.8 Å². The summed E-state index contributed by atoms with van der Waals surface area (Å²) in [6, 6.07) is 9.87. The monoisotopic (exact) mass is 524 g/mol. The highest BCUT2D eigenvalue weighted by molar-refractivity contribution is 7.09. The highest BCUT2D eigenvalue weighted by atomic mass is 32.1. The molecule has 2 aromatic rings. The van der Waals surface area contributed by atoms with E-state index in [1.165, 1.54) is 19.3 Å². The number of hydrogen-bond donors (Lipinski definition) is 0. The molecule has 7 nitrogen and oxygen atoms in total. The van der Waals surface area contributed by atoms with Crippen LogP contribution in [0.5, 0.6) is 11.5 Å². The predicted octanol–water partition coefficient (Wildman–Crippen LogP) is 4.70. The Kier molecular flexibility index (Phi) is 6.88. The van der Waals surface area contributed by atoms with Crippen LogP contribution in [0, 0.1) is 23.2 Å². The van der Waals surface area contributed by atoms with Crippen molar-refractivity contribution >= 4 is 23.2 Å². The summed E-state index contributed by atoms with van der Waals surface area (Å²) in [4.78, 5) is 32.8. The quantitative estimate of drug-likeness (QED) is 0.451. The van der Waals surface area contributed by atoms with Gasteiger partial charge < -0.3 is 24.0 Å². The van der Waals surface area contributed by atoms with Crippen LogP contribution in [0.4, 0.5) is 0 Å². The maximum Gasteiger partial charge on any atom is 0.242 e. The van der Waals surface area contributed by atoms with Crippen molar-refractivity contribution in [3.63, 3.8) is 0 Å². The van der Waals surface area contributed by atoms with Crippen molar-refractivity contribution in [1.29, 1.82) is 0 Å². The Morgan fingerprint density at radius 3 is 2.41 bits per heavy atom. The van der Waals surface area contributed by atoms with Crippen molar-refractivity contribution in [2.75, 3.05) is 33.6 Å². The Morgan fingerprint density at radius 1 is 1.00 bits per heavy atom. The molecule has 2 amide bonds. The molecule has 37 heavy (non-hydrogen) atoms. The van der Waals surface area contributed by atoms with Gasteiger partial charge in [-0.25, -0.2) is 0 Å². The number of thiophene rings is 1. The molecule has 7 rings (SSSR count). The van der Waals surface area contributed by atoms with E-state index < -0.39 is 0 Å². The predicted molar refractivity (Wildman–Crippen MR) is 140 cm³/mol. The number of carbonyl (C=O) groups excluding carboxylic acids is 2. The van der Waals surface area contributed by atoms with Gasteiger partial charge in [-0.3, -0.25) is 9.59 Å². The molecule has 4 bridgehead atoms. The van der Waals surface area contributed by atoms with Gasteiger partial charge in [-0.15, -0.1) is 11.3 Å². The number of benzene rings is 1. The number of hydrogen-bond acceptors (Lipinski definition) is 6. The van der Waals surface area contributed by atoms with Crippen molar-refractivity contribution in [3.8, 4) is 11.5 Å². The lowest BCUT2D eigenvalue weighted by Crippen LogP contribution is -2.56. The molecular formula is C29H36N2O5S. The number of rotatable bonds is 10. The fourth-order valence-electron chi connectivity index (χ4n) is 7.51. The maximum absolute atomic E-state index is 14.1. The summed E-state index contributed by atoms with van der Waals surface area (Å²) in [6.45, 7) is 2.13. The number of amides is 2. The van der Waals surface area contributed by atoms with Gasteiger partial charge in [-0.1, -0.05) is 12.1 Å². The van der Waals surface area contributed by atoms with Crippen LogP contribution >= 0.6 is 11.3 Å². The molecule has 2 heterocycles. The zero-order valence-corrected chi connectivity index (χ0v) is 22.3. The lowest BCUT2D eigenvalue weighted by atomic mass is 9.49. The molecule has 0 saturated heterocycles. The molecule has 0 N–H and O–H groups in total. The van der Waals surface area contributed by atoms with Crippen LogP contribution in [0.2, 0.25) is 0 Å². The maximum atomic E-state index is 14.1. The van der Waals surface area contributed by atoms with Gasteiger partial charge in [0.25, 0.3) is 0 Å². The molecule has 0 spiro atoms. The summed E-state index contributed by atoms with van der Waals surface area (Å²) in [5.41, 5.74) is 0.698. The molecule has 8 heteroatoms. The molecule has 0 unspecified atom stereocenters. The number of methoxy groups -OCH3 is 1. The van der Waals surface area contributed by atoms with Crippen molar-refractivity contribution in [3.05, 3.63) is 46.2 Å². The summed E-state index contributed by atoms with van der Waals surface area (Å²) in [5, 5.41) is 2.03. The highest BCUT2D eigenvalue weighted by Gasteiger charge is 2.55. The Bertz CT molecular complexity index is 1100. The second-order valence-electron chi connectivity index (χ2n) is 11.4. The van der Waals surface area contributed by atoms with E-state index in [9.17, 15) is 9.59 Å². The molecule has 1 aromatic heterocycles. The van der Waals surface area contributed by atoms with Gasteiger partial charge >= 0.3 is 0 Å². The fraction of sp³-hybridized carbons (Fsp3) is 0.586. The van der Waals surface area contributed by atoms with Gasteiger partial charge in [-0.2, -0.15) is 0 Å². The standard InChI is InChI=1S/C29H36N2O5S/c1-34-7-6-30(28(33)29-13-21-9-22(14-29)11-23(10-21)15-29)18-27(32)31(17-24-3-2-8-37-24)16-20-4-5-25-26(12-20)36-19-35-25/h2-5,8,12,21-23H,6-7,9-11,13-19H2,1H3. The fourth-order valence-corrected chi connectivity index (χ4v) is 8.23. The van der Waals surface area contributed by atoms with Crippen molar-refractivity contribution in [2.24, 2.45) is 23.2 Å². The third-order valence-electron chi connectivity index (χ3n) is 8.76. The van der Waals surface area contributed by atoms with Gasteiger partial charge in [0.15, 0.2) is 11.5 Å². The largest absolute Gasteiger partial charge is 0.454 e. The van der Waals surface area contributed by atoms with Crippen molar-refractivity contribution in [2.45, 2.75) is 51.6 Å². The summed E-state index contributed by atoms with van der Waals surface area (Å²) in [5.74, 6) is 3.60. The first-order chi connectivity index (χ1) is 18.0. The van der Waals surface area contributed by atoms with Crippen LogP contribution in [0.15, 0.2) is 35.7 Å². The molecule has 198 valence electrons. The summed E-state index contributed by atoms with van der Waals surface area (Å²) in [6.07, 6.45) is 6.83. The van der Waals surface area contributed by atoms with Crippen LogP contribution < -0.4 is 9.47 Å². The van der Waals surface area contributed by atoms with Crippen LogP contribution in [0.25, 0.3) is 0 Å². The molecular weight excluding hydrogens is 488 g/mol. The van der Waals surface area contributed by atoms with E-state index in [2.05, 4.69) is 0 Å². The average Bonchev–Trinajstić information content (AvgIpc) is 3.56. The Labute approximate surface area is 222 Å². The smallest absolute Gasteiger partial charge is 0.242 e. The minimum absolute atomic E-state index is 0.0414. The van der Waals surface area contributed by atoms with E-state index in [1.807, 2.05) is 40.6 Å². The van der Waals surface area contributed by atoms with Gasteiger partial charge in [0.1, 0.15) is 0 Å². The van der Waals surface area contributed by atoms with E-state index in [1.54, 1.807) is 23.3 Å². The second kappa shape index (κ2) is 10.3. The molecule has 4 saturated carbocycles. The number of fused-ring (bicyclic) bond motifs is 1.